The van der Waals surface area contributed by atoms with Crippen LogP contribution >= 0.6 is 0 Å². The molecule has 0 unspecified atom stereocenters. The Morgan fingerprint density at radius 1 is 1.36 bits per heavy atom. The van der Waals surface area contributed by atoms with E-state index in [9.17, 15) is 9.18 Å². The third-order valence-corrected chi connectivity index (χ3v) is 3.04. The van der Waals surface area contributed by atoms with Crippen molar-refractivity contribution in [1.29, 1.82) is 0 Å². The van der Waals surface area contributed by atoms with E-state index in [1.165, 1.54) is 23.7 Å². The second-order valence-corrected chi connectivity index (χ2v) is 4.71. The van der Waals surface area contributed by atoms with Crippen molar-refractivity contribution in [3.8, 4) is 5.69 Å². The van der Waals surface area contributed by atoms with Crippen molar-refractivity contribution in [2.24, 2.45) is 0 Å². The molecule has 2 aromatic rings. The highest BCUT2D eigenvalue weighted by Crippen LogP contribution is 2.19. The van der Waals surface area contributed by atoms with Gasteiger partial charge in [0, 0.05) is 26.7 Å². The van der Waals surface area contributed by atoms with Crippen molar-refractivity contribution in [2.75, 3.05) is 25.1 Å². The van der Waals surface area contributed by atoms with Crippen molar-refractivity contribution in [1.82, 2.24) is 15.0 Å². The Kier molecular flexibility index (Phi) is 5.60. The fourth-order valence-corrected chi connectivity index (χ4v) is 1.97. The summed E-state index contributed by atoms with van der Waals surface area (Å²) in [7, 11) is 0. The molecular weight excluding hydrogens is 287 g/mol. The van der Waals surface area contributed by atoms with E-state index in [-0.39, 0.29) is 17.3 Å². The average Bonchev–Trinajstić information content (AvgIpc) is 2.92. The summed E-state index contributed by atoms with van der Waals surface area (Å²) in [5.41, 5.74) is 0.898. The lowest BCUT2D eigenvalue weighted by molar-refractivity contribution is 0.101. The van der Waals surface area contributed by atoms with Crippen LogP contribution in [0.25, 0.3) is 5.69 Å². The lowest BCUT2D eigenvalue weighted by Crippen LogP contribution is -2.12. The summed E-state index contributed by atoms with van der Waals surface area (Å²) in [4.78, 5) is 11.7. The van der Waals surface area contributed by atoms with E-state index < -0.39 is 0 Å². The Morgan fingerprint density at radius 2 is 2.09 bits per heavy atom. The van der Waals surface area contributed by atoms with Gasteiger partial charge >= 0.3 is 0 Å². The minimum atomic E-state index is -0.332. The van der Waals surface area contributed by atoms with Gasteiger partial charge in [-0.1, -0.05) is 5.21 Å². The van der Waals surface area contributed by atoms with Gasteiger partial charge in [-0.2, -0.15) is 4.68 Å². The lowest BCUT2D eigenvalue weighted by atomic mass is 10.3. The number of hydrogen-bond donors (Lipinski definition) is 1. The standard InChI is InChI=1S/C15H19FN4O2/c1-3-22-10-4-9-17-15-14(11(2)21)18-19-20(15)13-7-5-12(16)6-8-13/h5-8,17H,3-4,9-10H2,1-2H3. The lowest BCUT2D eigenvalue weighted by Gasteiger charge is -2.10. The van der Waals surface area contributed by atoms with E-state index in [0.717, 1.165) is 6.42 Å². The number of anilines is 1. The van der Waals surface area contributed by atoms with Gasteiger partial charge in [-0.15, -0.1) is 5.10 Å². The summed E-state index contributed by atoms with van der Waals surface area (Å²) in [6.45, 7) is 5.30. The number of ketones is 1. The molecule has 0 aliphatic heterocycles. The molecular formula is C15H19FN4O2. The largest absolute Gasteiger partial charge is 0.382 e. The summed E-state index contributed by atoms with van der Waals surface area (Å²) < 4.78 is 19.8. The first-order chi connectivity index (χ1) is 10.6. The van der Waals surface area contributed by atoms with Crippen molar-refractivity contribution in [2.45, 2.75) is 20.3 Å². The number of benzene rings is 1. The van der Waals surface area contributed by atoms with Gasteiger partial charge in [-0.3, -0.25) is 4.79 Å². The topological polar surface area (TPSA) is 69.0 Å². The molecule has 1 N–H and O–H groups in total. The van der Waals surface area contributed by atoms with Crippen molar-refractivity contribution in [3.05, 3.63) is 35.8 Å². The maximum Gasteiger partial charge on any atom is 0.183 e. The second kappa shape index (κ2) is 7.65. The minimum absolute atomic E-state index is 0.180. The maximum atomic E-state index is 13.0. The van der Waals surface area contributed by atoms with E-state index in [4.69, 9.17) is 4.74 Å². The van der Waals surface area contributed by atoms with Crippen LogP contribution in [0.2, 0.25) is 0 Å². The summed E-state index contributed by atoms with van der Waals surface area (Å²) in [5.74, 6) is -0.00171. The van der Waals surface area contributed by atoms with Gasteiger partial charge in [0.15, 0.2) is 17.3 Å². The van der Waals surface area contributed by atoms with Crippen LogP contribution in [0.3, 0.4) is 0 Å². The fraction of sp³-hybridized carbons (Fsp3) is 0.400. The molecule has 0 amide bonds. The smallest absolute Gasteiger partial charge is 0.183 e. The molecule has 7 heteroatoms. The molecule has 1 heterocycles. The van der Waals surface area contributed by atoms with Gasteiger partial charge in [-0.25, -0.2) is 4.39 Å². The van der Waals surface area contributed by atoms with Gasteiger partial charge in [0.1, 0.15) is 5.82 Å². The quantitative estimate of drug-likeness (QED) is 0.599. The molecule has 0 saturated carbocycles. The maximum absolute atomic E-state index is 13.0. The van der Waals surface area contributed by atoms with Gasteiger partial charge in [0.25, 0.3) is 0 Å². The molecule has 0 aliphatic rings. The van der Waals surface area contributed by atoms with Crippen molar-refractivity contribution >= 4 is 11.6 Å². The Bertz CT molecular complexity index is 625. The third kappa shape index (κ3) is 3.88. The first-order valence-corrected chi connectivity index (χ1v) is 7.17. The molecule has 0 bridgehead atoms. The zero-order valence-electron chi connectivity index (χ0n) is 12.7. The molecule has 0 atom stereocenters. The monoisotopic (exact) mass is 306 g/mol. The molecule has 0 spiro atoms. The normalized spacial score (nSPS) is 10.7. The van der Waals surface area contributed by atoms with Gasteiger partial charge in [-0.05, 0) is 37.6 Å². The number of aromatic nitrogens is 3. The number of Topliss-reactive ketones (excluding diaryl/α,β-unsaturated/α-hetero) is 1. The zero-order valence-corrected chi connectivity index (χ0v) is 12.7. The van der Waals surface area contributed by atoms with Gasteiger partial charge in [0.2, 0.25) is 0 Å². The van der Waals surface area contributed by atoms with Crippen molar-refractivity contribution in [3.63, 3.8) is 0 Å². The molecule has 1 aromatic carbocycles. The van der Waals surface area contributed by atoms with Crippen LogP contribution in [-0.2, 0) is 4.74 Å². The van der Waals surface area contributed by atoms with Crippen LogP contribution < -0.4 is 5.32 Å². The van der Waals surface area contributed by atoms with Crippen LogP contribution in [0.15, 0.2) is 24.3 Å². The number of hydrogen-bond acceptors (Lipinski definition) is 5. The van der Waals surface area contributed by atoms with E-state index >= 15 is 0 Å². The van der Waals surface area contributed by atoms with Crippen LogP contribution in [0.1, 0.15) is 30.8 Å². The first-order valence-electron chi connectivity index (χ1n) is 7.17. The molecule has 0 fully saturated rings. The number of carbonyl (C=O) groups excluding carboxylic acids is 1. The highest BCUT2D eigenvalue weighted by Gasteiger charge is 2.17. The molecule has 0 radical (unpaired) electrons. The third-order valence-electron chi connectivity index (χ3n) is 3.04. The highest BCUT2D eigenvalue weighted by molar-refractivity contribution is 5.96. The fourth-order valence-electron chi connectivity index (χ4n) is 1.97. The number of ether oxygens (including phenoxy) is 1. The number of rotatable bonds is 8. The predicted molar refractivity (Wildman–Crippen MR) is 80.9 cm³/mol. The van der Waals surface area contributed by atoms with E-state index in [1.807, 2.05) is 6.92 Å². The van der Waals surface area contributed by atoms with Crippen LogP contribution in [-0.4, -0.2) is 40.5 Å². The molecule has 22 heavy (non-hydrogen) atoms. The van der Waals surface area contributed by atoms with Crippen LogP contribution in [0.5, 0.6) is 0 Å². The molecule has 6 nitrogen and oxygen atoms in total. The molecule has 0 saturated heterocycles. The van der Waals surface area contributed by atoms with Crippen molar-refractivity contribution < 1.29 is 13.9 Å². The average molecular weight is 306 g/mol. The Morgan fingerprint density at radius 3 is 2.73 bits per heavy atom. The van der Waals surface area contributed by atoms with Crippen LogP contribution in [0, 0.1) is 5.82 Å². The van der Waals surface area contributed by atoms with E-state index in [0.29, 0.717) is 31.3 Å². The second-order valence-electron chi connectivity index (χ2n) is 4.71. The first kappa shape index (κ1) is 16.1. The molecule has 2 rings (SSSR count). The van der Waals surface area contributed by atoms with Crippen LogP contribution in [0.4, 0.5) is 10.2 Å². The summed E-state index contributed by atoms with van der Waals surface area (Å²) in [6, 6.07) is 5.84. The Labute approximate surface area is 128 Å². The molecule has 118 valence electrons. The summed E-state index contributed by atoms with van der Waals surface area (Å²) in [5, 5.41) is 11.0. The zero-order chi connectivity index (χ0) is 15.9. The molecule has 1 aromatic heterocycles. The van der Waals surface area contributed by atoms with E-state index in [1.54, 1.807) is 12.1 Å². The summed E-state index contributed by atoms with van der Waals surface area (Å²) in [6.07, 6.45) is 0.791. The number of nitrogens with one attached hydrogen (secondary N) is 1. The number of halogens is 1. The Hall–Kier alpha value is -2.28. The van der Waals surface area contributed by atoms with Gasteiger partial charge < -0.3 is 10.1 Å². The number of carbonyl (C=O) groups is 1. The highest BCUT2D eigenvalue weighted by atomic mass is 19.1. The Balaban J connectivity index is 2.19. The van der Waals surface area contributed by atoms with E-state index in [2.05, 4.69) is 15.6 Å². The number of nitrogens with zero attached hydrogens (tertiary/aromatic N) is 3. The summed E-state index contributed by atoms with van der Waals surface area (Å²) >= 11 is 0. The SMILES string of the molecule is CCOCCCNc1c(C(C)=O)nnn1-c1ccc(F)cc1. The molecule has 0 aliphatic carbocycles. The minimum Gasteiger partial charge on any atom is -0.382 e. The van der Waals surface area contributed by atoms with Gasteiger partial charge in [0.05, 0.1) is 5.69 Å². The predicted octanol–water partition coefficient (Wildman–Crippen LogP) is 2.45.